The van der Waals surface area contributed by atoms with Gasteiger partial charge in [-0.05, 0) is 44.2 Å². The molecule has 1 aromatic rings. The Hall–Kier alpha value is -0.480. The molecule has 0 amide bonds. The van der Waals surface area contributed by atoms with Crippen molar-refractivity contribution in [1.82, 2.24) is 15.5 Å². The minimum atomic E-state index is 0.635. The Morgan fingerprint density at radius 1 is 1.28 bits per heavy atom. The molecule has 1 heterocycles. The van der Waals surface area contributed by atoms with Crippen molar-refractivity contribution < 1.29 is 0 Å². The number of hydrogen-bond donors (Lipinski definition) is 1. The summed E-state index contributed by atoms with van der Waals surface area (Å²) >= 11 is 1.82. The SMILES string of the molecule is CC(C)CNCCCc1nnc(C(C)C2CC2)s1. The van der Waals surface area contributed by atoms with Crippen LogP contribution in [0.15, 0.2) is 0 Å². The fourth-order valence-electron chi connectivity index (χ4n) is 2.10. The van der Waals surface area contributed by atoms with E-state index in [1.807, 2.05) is 11.3 Å². The maximum absolute atomic E-state index is 4.35. The van der Waals surface area contributed by atoms with Crippen LogP contribution in [0.2, 0.25) is 0 Å². The van der Waals surface area contributed by atoms with E-state index in [0.29, 0.717) is 5.92 Å². The average molecular weight is 267 g/mol. The molecule has 0 spiro atoms. The van der Waals surface area contributed by atoms with Crippen molar-refractivity contribution in [3.63, 3.8) is 0 Å². The second kappa shape index (κ2) is 6.62. The Morgan fingerprint density at radius 3 is 2.72 bits per heavy atom. The third kappa shape index (κ3) is 4.32. The highest BCUT2D eigenvalue weighted by Crippen LogP contribution is 2.42. The first-order valence-corrected chi connectivity index (χ1v) is 8.01. The van der Waals surface area contributed by atoms with Crippen LogP contribution in [0.4, 0.5) is 0 Å². The monoisotopic (exact) mass is 267 g/mol. The molecule has 1 N–H and O–H groups in total. The van der Waals surface area contributed by atoms with Crippen LogP contribution < -0.4 is 5.32 Å². The van der Waals surface area contributed by atoms with Gasteiger partial charge in [-0.1, -0.05) is 20.8 Å². The Labute approximate surface area is 114 Å². The van der Waals surface area contributed by atoms with Crippen LogP contribution >= 0.6 is 11.3 Å². The van der Waals surface area contributed by atoms with Crippen molar-refractivity contribution in [2.45, 2.75) is 52.4 Å². The number of aryl methyl sites for hydroxylation is 1. The van der Waals surface area contributed by atoms with E-state index in [4.69, 9.17) is 0 Å². The molecule has 1 aliphatic carbocycles. The van der Waals surface area contributed by atoms with Gasteiger partial charge in [0, 0.05) is 12.3 Å². The zero-order valence-corrected chi connectivity index (χ0v) is 12.6. The van der Waals surface area contributed by atoms with Gasteiger partial charge in [0.15, 0.2) is 0 Å². The van der Waals surface area contributed by atoms with Gasteiger partial charge in [0.05, 0.1) is 0 Å². The summed E-state index contributed by atoms with van der Waals surface area (Å²) in [7, 11) is 0. The van der Waals surface area contributed by atoms with Gasteiger partial charge in [-0.3, -0.25) is 0 Å². The minimum Gasteiger partial charge on any atom is -0.316 e. The van der Waals surface area contributed by atoms with Gasteiger partial charge >= 0.3 is 0 Å². The van der Waals surface area contributed by atoms with E-state index in [2.05, 4.69) is 36.3 Å². The number of rotatable bonds is 8. The zero-order valence-electron chi connectivity index (χ0n) is 11.8. The molecule has 0 bridgehead atoms. The fraction of sp³-hybridized carbons (Fsp3) is 0.857. The summed E-state index contributed by atoms with van der Waals surface area (Å²) in [6, 6.07) is 0. The lowest BCUT2D eigenvalue weighted by Gasteiger charge is -2.05. The van der Waals surface area contributed by atoms with Gasteiger partial charge in [0.25, 0.3) is 0 Å². The molecule has 0 radical (unpaired) electrons. The third-order valence-corrected chi connectivity index (χ3v) is 4.68. The summed E-state index contributed by atoms with van der Waals surface area (Å²) in [6.07, 6.45) is 5.00. The summed E-state index contributed by atoms with van der Waals surface area (Å²) in [4.78, 5) is 0. The molecule has 0 saturated heterocycles. The normalized spacial score (nSPS) is 17.3. The standard InChI is InChI=1S/C14H25N3S/c1-10(2)9-15-8-4-5-13-16-17-14(18-13)11(3)12-6-7-12/h10-12,15H,4-9H2,1-3H3. The van der Waals surface area contributed by atoms with E-state index < -0.39 is 0 Å². The molecule has 18 heavy (non-hydrogen) atoms. The van der Waals surface area contributed by atoms with Crippen LogP contribution in [-0.4, -0.2) is 23.3 Å². The van der Waals surface area contributed by atoms with Crippen LogP contribution in [0.3, 0.4) is 0 Å². The predicted octanol–water partition coefficient (Wildman–Crippen LogP) is 3.23. The van der Waals surface area contributed by atoms with E-state index >= 15 is 0 Å². The van der Waals surface area contributed by atoms with E-state index in [1.54, 1.807) is 0 Å². The smallest absolute Gasteiger partial charge is 0.120 e. The Kier molecular flexibility index (Phi) is 5.13. The molecule has 1 atom stereocenters. The van der Waals surface area contributed by atoms with Gasteiger partial charge in [0.2, 0.25) is 0 Å². The summed E-state index contributed by atoms with van der Waals surface area (Å²) in [5, 5.41) is 14.6. The van der Waals surface area contributed by atoms with E-state index in [1.165, 1.54) is 29.3 Å². The van der Waals surface area contributed by atoms with Gasteiger partial charge < -0.3 is 5.32 Å². The maximum atomic E-state index is 4.35. The molecule has 1 aliphatic rings. The van der Waals surface area contributed by atoms with Crippen LogP contribution in [-0.2, 0) is 6.42 Å². The van der Waals surface area contributed by atoms with Crippen molar-refractivity contribution in [3.8, 4) is 0 Å². The average Bonchev–Trinajstić information content (AvgIpc) is 3.07. The second-order valence-electron chi connectivity index (χ2n) is 5.86. The molecule has 0 aromatic carbocycles. The first kappa shape index (κ1) is 13.9. The van der Waals surface area contributed by atoms with Crippen LogP contribution in [0.5, 0.6) is 0 Å². The molecule has 0 aliphatic heterocycles. The van der Waals surface area contributed by atoms with Crippen molar-refractivity contribution in [1.29, 1.82) is 0 Å². The molecule has 3 nitrogen and oxygen atoms in total. The summed E-state index contributed by atoms with van der Waals surface area (Å²) in [5.41, 5.74) is 0. The molecule has 102 valence electrons. The number of aromatic nitrogens is 2. The Balaban J connectivity index is 1.67. The van der Waals surface area contributed by atoms with Crippen molar-refractivity contribution in [3.05, 3.63) is 10.0 Å². The Bertz CT molecular complexity index is 358. The summed E-state index contributed by atoms with van der Waals surface area (Å²) < 4.78 is 0. The zero-order chi connectivity index (χ0) is 13.0. The van der Waals surface area contributed by atoms with Crippen molar-refractivity contribution in [2.75, 3.05) is 13.1 Å². The highest BCUT2D eigenvalue weighted by molar-refractivity contribution is 7.11. The molecule has 1 aromatic heterocycles. The first-order chi connectivity index (χ1) is 8.66. The molecular formula is C14H25N3S. The van der Waals surface area contributed by atoms with E-state index in [0.717, 1.165) is 31.3 Å². The molecule has 1 fully saturated rings. The fourth-order valence-corrected chi connectivity index (χ4v) is 3.13. The summed E-state index contributed by atoms with van der Waals surface area (Å²) in [5.74, 6) is 2.26. The van der Waals surface area contributed by atoms with E-state index in [9.17, 15) is 0 Å². The quantitative estimate of drug-likeness (QED) is 0.735. The topological polar surface area (TPSA) is 37.8 Å². The molecule has 1 unspecified atom stereocenters. The first-order valence-electron chi connectivity index (χ1n) is 7.19. The van der Waals surface area contributed by atoms with Crippen LogP contribution in [0, 0.1) is 11.8 Å². The van der Waals surface area contributed by atoms with Gasteiger partial charge in [-0.25, -0.2) is 0 Å². The maximum Gasteiger partial charge on any atom is 0.120 e. The molecule has 4 heteroatoms. The van der Waals surface area contributed by atoms with Gasteiger partial charge in [-0.15, -0.1) is 21.5 Å². The Morgan fingerprint density at radius 2 is 2.06 bits per heavy atom. The van der Waals surface area contributed by atoms with Crippen molar-refractivity contribution >= 4 is 11.3 Å². The lowest BCUT2D eigenvalue weighted by atomic mass is 10.1. The molecule has 1 saturated carbocycles. The third-order valence-electron chi connectivity index (χ3n) is 3.50. The van der Waals surface area contributed by atoms with E-state index in [-0.39, 0.29) is 0 Å². The predicted molar refractivity (Wildman–Crippen MR) is 77.1 cm³/mol. The highest BCUT2D eigenvalue weighted by atomic mass is 32.1. The second-order valence-corrected chi connectivity index (χ2v) is 6.96. The lowest BCUT2D eigenvalue weighted by molar-refractivity contribution is 0.542. The summed E-state index contributed by atoms with van der Waals surface area (Å²) in [6.45, 7) is 8.98. The highest BCUT2D eigenvalue weighted by Gasteiger charge is 2.31. The van der Waals surface area contributed by atoms with Crippen molar-refractivity contribution in [2.24, 2.45) is 11.8 Å². The van der Waals surface area contributed by atoms with Gasteiger partial charge in [-0.2, -0.15) is 0 Å². The van der Waals surface area contributed by atoms with Crippen LogP contribution in [0.25, 0.3) is 0 Å². The van der Waals surface area contributed by atoms with Crippen LogP contribution in [0.1, 0.15) is 56.0 Å². The molecular weight excluding hydrogens is 242 g/mol. The number of nitrogens with zero attached hydrogens (tertiary/aromatic N) is 2. The molecule has 2 rings (SSSR count). The number of nitrogens with one attached hydrogen (secondary N) is 1. The lowest BCUT2D eigenvalue weighted by Crippen LogP contribution is -2.21. The number of hydrogen-bond acceptors (Lipinski definition) is 4. The largest absolute Gasteiger partial charge is 0.316 e. The van der Waals surface area contributed by atoms with Gasteiger partial charge in [0.1, 0.15) is 10.0 Å². The minimum absolute atomic E-state index is 0.635.